The zero-order chi connectivity index (χ0) is 25.3. The van der Waals surface area contributed by atoms with Crippen LogP contribution in [0, 0.1) is 5.41 Å². The Morgan fingerprint density at radius 1 is 1.09 bits per heavy atom. The number of alkyl halides is 1. The molecule has 0 bridgehead atoms. The Balaban J connectivity index is 1.81. The molecule has 192 valence electrons. The predicted octanol–water partition coefficient (Wildman–Crippen LogP) is 4.94. The number of ether oxygens (including phenoxy) is 1. The third-order valence-corrected chi connectivity index (χ3v) is 7.55. The van der Waals surface area contributed by atoms with Crippen molar-refractivity contribution in [3.05, 3.63) is 59.9 Å². The van der Waals surface area contributed by atoms with Crippen LogP contribution in [0.4, 0.5) is 0 Å². The molecular formula is C28H40ClN3O3. The van der Waals surface area contributed by atoms with E-state index in [-0.39, 0.29) is 30.3 Å². The Kier molecular flexibility index (Phi) is 10.2. The number of rotatable bonds is 12. The fourth-order valence-electron chi connectivity index (χ4n) is 4.71. The van der Waals surface area contributed by atoms with Crippen molar-refractivity contribution in [3.63, 3.8) is 0 Å². The molecule has 7 heteroatoms. The lowest BCUT2D eigenvalue weighted by Crippen LogP contribution is -2.51. The highest BCUT2D eigenvalue weighted by atomic mass is 35.5. The third-order valence-electron chi connectivity index (χ3n) is 6.88. The first kappa shape index (κ1) is 27.3. The molecule has 2 aromatic rings. The molecule has 0 unspecified atom stereocenters. The summed E-state index contributed by atoms with van der Waals surface area (Å²) in [6.07, 6.45) is 7.55. The summed E-state index contributed by atoms with van der Waals surface area (Å²) in [4.78, 5) is 30.6. The van der Waals surface area contributed by atoms with Crippen molar-refractivity contribution in [2.75, 3.05) is 32.7 Å². The molecule has 6 nitrogen and oxygen atoms in total. The molecule has 1 heterocycles. The molecule has 0 saturated heterocycles. The van der Waals surface area contributed by atoms with Crippen LogP contribution in [-0.4, -0.2) is 64.9 Å². The highest BCUT2D eigenvalue weighted by Crippen LogP contribution is 2.26. The summed E-state index contributed by atoms with van der Waals surface area (Å²) < 4.78 is 7.44. The maximum Gasteiger partial charge on any atom is 0.242 e. The quantitative estimate of drug-likeness (QED) is 0.387. The average Bonchev–Trinajstić information content (AvgIpc) is 3.32. The smallest absolute Gasteiger partial charge is 0.242 e. The van der Waals surface area contributed by atoms with Crippen LogP contribution in [0.15, 0.2) is 48.7 Å². The number of benzene rings is 1. The van der Waals surface area contributed by atoms with Gasteiger partial charge in [0, 0.05) is 44.0 Å². The molecule has 0 atom stereocenters. The monoisotopic (exact) mass is 501 g/mol. The molecule has 1 aromatic heterocycles. The molecule has 1 fully saturated rings. The van der Waals surface area contributed by atoms with Gasteiger partial charge in [-0.15, -0.1) is 11.6 Å². The fraction of sp³-hybridized carbons (Fsp3) is 0.571. The summed E-state index contributed by atoms with van der Waals surface area (Å²) >= 11 is 6.09. The summed E-state index contributed by atoms with van der Waals surface area (Å²) in [6.45, 7) is 5.72. The maximum absolute atomic E-state index is 13.8. The predicted molar refractivity (Wildman–Crippen MR) is 140 cm³/mol. The highest BCUT2D eigenvalue weighted by molar-refractivity contribution is 6.19. The Hall–Kier alpha value is -2.31. The number of carbonyl (C=O) groups excluding carboxylic acids is 2. The number of methoxy groups -OCH3 is 1. The summed E-state index contributed by atoms with van der Waals surface area (Å²) in [7, 11) is 1.60. The standard InChI is InChI=1S/C28H40ClN3O3/c1-28(2,22-29)27(34)31(17-18-35-3)21-26(33)32(24-13-8-5-9-14-24)20-25-15-10-16-30(25)19-23-11-6-4-7-12-23/h4,6-7,10-12,15-16,24H,5,8-9,13-14,17-22H2,1-3H3. The van der Waals surface area contributed by atoms with Crippen LogP contribution in [0.2, 0.25) is 0 Å². The molecule has 1 saturated carbocycles. The second-order valence-electron chi connectivity index (χ2n) is 10.2. The van der Waals surface area contributed by atoms with E-state index in [0.29, 0.717) is 19.7 Å². The largest absolute Gasteiger partial charge is 0.383 e. The summed E-state index contributed by atoms with van der Waals surface area (Å²) in [6, 6.07) is 14.7. The van der Waals surface area contributed by atoms with Crippen molar-refractivity contribution < 1.29 is 14.3 Å². The van der Waals surface area contributed by atoms with Crippen molar-refractivity contribution in [1.29, 1.82) is 0 Å². The third kappa shape index (κ3) is 7.58. The number of hydrogen-bond acceptors (Lipinski definition) is 3. The molecule has 1 aromatic carbocycles. The first-order chi connectivity index (χ1) is 16.9. The number of amides is 2. The van der Waals surface area contributed by atoms with Gasteiger partial charge in [-0.25, -0.2) is 0 Å². The normalized spacial score (nSPS) is 14.6. The molecule has 0 aliphatic heterocycles. The van der Waals surface area contributed by atoms with Crippen LogP contribution >= 0.6 is 11.6 Å². The van der Waals surface area contributed by atoms with Crippen LogP contribution in [0.5, 0.6) is 0 Å². The van der Waals surface area contributed by atoms with Crippen LogP contribution in [0.1, 0.15) is 57.2 Å². The van der Waals surface area contributed by atoms with Gasteiger partial charge >= 0.3 is 0 Å². The first-order valence-electron chi connectivity index (χ1n) is 12.7. The number of aromatic nitrogens is 1. The van der Waals surface area contributed by atoms with E-state index in [1.165, 1.54) is 12.0 Å². The molecule has 0 radical (unpaired) electrons. The van der Waals surface area contributed by atoms with Gasteiger partial charge in [0.2, 0.25) is 11.8 Å². The minimum Gasteiger partial charge on any atom is -0.383 e. The van der Waals surface area contributed by atoms with Crippen molar-refractivity contribution in [1.82, 2.24) is 14.4 Å². The fourth-order valence-corrected chi connectivity index (χ4v) is 4.82. The van der Waals surface area contributed by atoms with Gasteiger partial charge in [-0.05, 0) is 44.4 Å². The minimum atomic E-state index is -0.740. The van der Waals surface area contributed by atoms with Gasteiger partial charge in [0.25, 0.3) is 0 Å². The lowest BCUT2D eigenvalue weighted by Gasteiger charge is -2.37. The lowest BCUT2D eigenvalue weighted by atomic mass is 9.93. The Bertz CT molecular complexity index is 938. The number of nitrogens with zero attached hydrogens (tertiary/aromatic N) is 3. The maximum atomic E-state index is 13.8. The zero-order valence-electron chi connectivity index (χ0n) is 21.4. The van der Waals surface area contributed by atoms with E-state index in [9.17, 15) is 9.59 Å². The van der Waals surface area contributed by atoms with E-state index in [4.69, 9.17) is 16.3 Å². The van der Waals surface area contributed by atoms with Gasteiger partial charge in [-0.2, -0.15) is 0 Å². The van der Waals surface area contributed by atoms with E-state index in [1.54, 1.807) is 12.0 Å². The van der Waals surface area contributed by atoms with Crippen LogP contribution < -0.4 is 0 Å². The molecule has 1 aliphatic rings. The molecule has 3 rings (SSSR count). The van der Waals surface area contributed by atoms with Crippen molar-refractivity contribution >= 4 is 23.4 Å². The Morgan fingerprint density at radius 2 is 1.80 bits per heavy atom. The Labute approximate surface area is 215 Å². The van der Waals surface area contributed by atoms with Gasteiger partial charge in [-0.3, -0.25) is 9.59 Å². The second-order valence-corrected chi connectivity index (χ2v) is 10.4. The van der Waals surface area contributed by atoms with E-state index in [0.717, 1.165) is 37.9 Å². The van der Waals surface area contributed by atoms with Gasteiger partial charge in [-0.1, -0.05) is 49.6 Å². The van der Waals surface area contributed by atoms with E-state index < -0.39 is 5.41 Å². The minimum absolute atomic E-state index is 0.0146. The molecule has 0 spiro atoms. The SMILES string of the molecule is COCCN(CC(=O)N(Cc1cccn1Cc1ccccc1)C1CCCCC1)C(=O)C(C)(C)CCl. The van der Waals surface area contributed by atoms with Crippen LogP contribution in [0.25, 0.3) is 0 Å². The highest BCUT2D eigenvalue weighted by Gasteiger charge is 2.34. The molecular weight excluding hydrogens is 462 g/mol. The average molecular weight is 502 g/mol. The number of carbonyl (C=O) groups is 2. The van der Waals surface area contributed by atoms with E-state index in [1.807, 2.05) is 43.0 Å². The Morgan fingerprint density at radius 3 is 2.46 bits per heavy atom. The summed E-state index contributed by atoms with van der Waals surface area (Å²) in [5.74, 6) is 0.0659. The van der Waals surface area contributed by atoms with Gasteiger partial charge in [0.1, 0.15) is 0 Å². The van der Waals surface area contributed by atoms with Gasteiger partial charge in [0.15, 0.2) is 0 Å². The van der Waals surface area contributed by atoms with Crippen molar-refractivity contribution in [3.8, 4) is 0 Å². The molecule has 1 aliphatic carbocycles. The first-order valence-corrected chi connectivity index (χ1v) is 13.2. The molecule has 2 amide bonds. The second kappa shape index (κ2) is 13.1. The van der Waals surface area contributed by atoms with Crippen molar-refractivity contribution in [2.24, 2.45) is 5.41 Å². The zero-order valence-corrected chi connectivity index (χ0v) is 22.2. The lowest BCUT2D eigenvalue weighted by molar-refractivity contribution is -0.147. The van der Waals surface area contributed by atoms with Gasteiger partial charge in [0.05, 0.1) is 25.1 Å². The summed E-state index contributed by atoms with van der Waals surface area (Å²) in [5.41, 5.74) is 1.58. The topological polar surface area (TPSA) is 54.8 Å². The summed E-state index contributed by atoms with van der Waals surface area (Å²) in [5, 5.41) is 0. The van der Waals surface area contributed by atoms with E-state index >= 15 is 0 Å². The van der Waals surface area contributed by atoms with Gasteiger partial charge < -0.3 is 19.1 Å². The van der Waals surface area contributed by atoms with Crippen molar-refractivity contribution in [2.45, 2.75) is 65.1 Å². The molecule has 0 N–H and O–H groups in total. The van der Waals surface area contributed by atoms with E-state index in [2.05, 4.69) is 29.0 Å². The van der Waals surface area contributed by atoms with Crippen LogP contribution in [0.3, 0.4) is 0 Å². The number of halogens is 1. The van der Waals surface area contributed by atoms with Crippen LogP contribution in [-0.2, 0) is 27.4 Å². The molecule has 35 heavy (non-hydrogen) atoms. The number of hydrogen-bond donors (Lipinski definition) is 0.